The normalized spacial score (nSPS) is 12.4. The fourth-order valence-electron chi connectivity index (χ4n) is 1.93. The minimum Gasteiger partial charge on any atom is -0.305 e. The lowest BCUT2D eigenvalue weighted by Crippen LogP contribution is -2.24. The highest BCUT2D eigenvalue weighted by atomic mass is 79.9. The molecule has 19 heavy (non-hydrogen) atoms. The molecule has 0 spiro atoms. The van der Waals surface area contributed by atoms with E-state index < -0.39 is 0 Å². The fourth-order valence-corrected chi connectivity index (χ4v) is 2.16. The van der Waals surface area contributed by atoms with Crippen LogP contribution in [0.1, 0.15) is 30.6 Å². The third-order valence-electron chi connectivity index (χ3n) is 2.83. The van der Waals surface area contributed by atoms with Gasteiger partial charge in [-0.1, -0.05) is 19.1 Å². The molecule has 4 heteroatoms. The van der Waals surface area contributed by atoms with Crippen molar-refractivity contribution in [1.29, 1.82) is 0 Å². The van der Waals surface area contributed by atoms with E-state index in [1.807, 2.05) is 18.2 Å². The van der Waals surface area contributed by atoms with Crippen molar-refractivity contribution in [2.24, 2.45) is 0 Å². The average molecular weight is 323 g/mol. The molecule has 0 amide bonds. The van der Waals surface area contributed by atoms with Gasteiger partial charge in [-0.25, -0.2) is 4.39 Å². The van der Waals surface area contributed by atoms with Crippen LogP contribution in [0.25, 0.3) is 0 Å². The van der Waals surface area contributed by atoms with Crippen LogP contribution in [0.5, 0.6) is 0 Å². The topological polar surface area (TPSA) is 24.9 Å². The Balaban J connectivity index is 2.32. The third kappa shape index (κ3) is 3.85. The molecule has 1 N–H and O–H groups in total. The van der Waals surface area contributed by atoms with Gasteiger partial charge in [0, 0.05) is 10.7 Å². The molecule has 1 atom stereocenters. The monoisotopic (exact) mass is 322 g/mol. The van der Waals surface area contributed by atoms with Gasteiger partial charge in [0.2, 0.25) is 0 Å². The highest BCUT2D eigenvalue weighted by Gasteiger charge is 2.15. The van der Waals surface area contributed by atoms with Crippen molar-refractivity contribution in [2.45, 2.75) is 19.4 Å². The molecule has 0 saturated carbocycles. The smallest absolute Gasteiger partial charge is 0.123 e. The summed E-state index contributed by atoms with van der Waals surface area (Å²) in [6, 6.07) is 10.5. The van der Waals surface area contributed by atoms with Crippen molar-refractivity contribution in [3.05, 3.63) is 64.1 Å². The molecule has 1 unspecified atom stereocenters. The van der Waals surface area contributed by atoms with Gasteiger partial charge >= 0.3 is 0 Å². The summed E-state index contributed by atoms with van der Waals surface area (Å²) in [6.07, 6.45) is 2.78. The summed E-state index contributed by atoms with van der Waals surface area (Å²) in [4.78, 5) is 4.41. The molecule has 0 aliphatic carbocycles. The van der Waals surface area contributed by atoms with E-state index in [-0.39, 0.29) is 11.9 Å². The maximum absolute atomic E-state index is 13.4. The predicted molar refractivity (Wildman–Crippen MR) is 78.5 cm³/mol. The number of hydrogen-bond acceptors (Lipinski definition) is 2. The predicted octanol–water partition coefficient (Wildman–Crippen LogP) is 4.07. The SMILES string of the molecule is CCCNC(c1cccc(F)c1)c1ccc(Br)cn1. The minimum absolute atomic E-state index is 0.0799. The van der Waals surface area contributed by atoms with E-state index >= 15 is 0 Å². The molecule has 0 fully saturated rings. The van der Waals surface area contributed by atoms with Crippen molar-refractivity contribution in [3.8, 4) is 0 Å². The Bertz CT molecular complexity index is 528. The summed E-state index contributed by atoms with van der Waals surface area (Å²) in [7, 11) is 0. The largest absolute Gasteiger partial charge is 0.305 e. The summed E-state index contributed by atoms with van der Waals surface area (Å²) >= 11 is 3.37. The molecule has 0 aliphatic rings. The van der Waals surface area contributed by atoms with Crippen LogP contribution in [-0.2, 0) is 0 Å². The lowest BCUT2D eigenvalue weighted by Gasteiger charge is -2.18. The molecule has 2 aromatic rings. The van der Waals surface area contributed by atoms with Crippen molar-refractivity contribution in [2.75, 3.05) is 6.54 Å². The Morgan fingerprint density at radius 1 is 1.32 bits per heavy atom. The van der Waals surface area contributed by atoms with Gasteiger partial charge < -0.3 is 5.32 Å². The molecule has 1 aromatic heterocycles. The molecular weight excluding hydrogens is 307 g/mol. The number of aromatic nitrogens is 1. The van der Waals surface area contributed by atoms with Crippen LogP contribution in [0.2, 0.25) is 0 Å². The Kier molecular flexibility index (Phi) is 5.05. The lowest BCUT2D eigenvalue weighted by molar-refractivity contribution is 0.576. The third-order valence-corrected chi connectivity index (χ3v) is 3.30. The number of rotatable bonds is 5. The molecule has 2 rings (SSSR count). The molecule has 0 radical (unpaired) electrons. The van der Waals surface area contributed by atoms with Crippen LogP contribution in [0.3, 0.4) is 0 Å². The number of nitrogens with zero attached hydrogens (tertiary/aromatic N) is 1. The summed E-state index contributed by atoms with van der Waals surface area (Å²) in [5.74, 6) is -0.224. The summed E-state index contributed by atoms with van der Waals surface area (Å²) in [6.45, 7) is 2.96. The summed E-state index contributed by atoms with van der Waals surface area (Å²) in [5, 5.41) is 3.40. The van der Waals surface area contributed by atoms with E-state index in [4.69, 9.17) is 0 Å². The average Bonchev–Trinajstić information content (AvgIpc) is 2.41. The first-order valence-electron chi connectivity index (χ1n) is 6.31. The molecule has 1 aromatic carbocycles. The van der Waals surface area contributed by atoms with Gasteiger partial charge in [0.25, 0.3) is 0 Å². The lowest BCUT2D eigenvalue weighted by atomic mass is 10.0. The molecule has 2 nitrogen and oxygen atoms in total. The number of benzene rings is 1. The standard InChI is InChI=1S/C15H16BrFN2/c1-2-8-18-15(11-4-3-5-13(17)9-11)14-7-6-12(16)10-19-14/h3-7,9-10,15,18H,2,8H2,1H3. The number of halogens is 2. The Labute approximate surface area is 121 Å². The zero-order valence-corrected chi connectivity index (χ0v) is 12.3. The van der Waals surface area contributed by atoms with Gasteiger partial charge in [-0.05, 0) is 58.7 Å². The second kappa shape index (κ2) is 6.78. The van der Waals surface area contributed by atoms with Gasteiger partial charge in [0.05, 0.1) is 11.7 Å². The Morgan fingerprint density at radius 3 is 2.79 bits per heavy atom. The fraction of sp³-hybridized carbons (Fsp3) is 0.267. The molecule has 100 valence electrons. The quantitative estimate of drug-likeness (QED) is 0.897. The van der Waals surface area contributed by atoms with Crippen LogP contribution >= 0.6 is 15.9 Å². The first-order valence-corrected chi connectivity index (χ1v) is 7.10. The zero-order valence-electron chi connectivity index (χ0n) is 10.7. The number of hydrogen-bond donors (Lipinski definition) is 1. The maximum Gasteiger partial charge on any atom is 0.123 e. The van der Waals surface area contributed by atoms with E-state index in [0.29, 0.717) is 0 Å². The zero-order chi connectivity index (χ0) is 13.7. The van der Waals surface area contributed by atoms with Crippen molar-refractivity contribution >= 4 is 15.9 Å². The summed E-state index contributed by atoms with van der Waals surface area (Å²) < 4.78 is 14.3. The minimum atomic E-state index is -0.224. The second-order valence-corrected chi connectivity index (χ2v) is 5.26. The van der Waals surface area contributed by atoms with Crippen LogP contribution in [0.15, 0.2) is 47.1 Å². The van der Waals surface area contributed by atoms with Crippen molar-refractivity contribution in [3.63, 3.8) is 0 Å². The molecule has 0 saturated heterocycles. The van der Waals surface area contributed by atoms with Crippen LogP contribution in [0, 0.1) is 5.82 Å². The Morgan fingerprint density at radius 2 is 2.16 bits per heavy atom. The van der Waals surface area contributed by atoms with Gasteiger partial charge in [-0.3, -0.25) is 4.98 Å². The van der Waals surface area contributed by atoms with Gasteiger partial charge in [-0.15, -0.1) is 0 Å². The first kappa shape index (κ1) is 14.2. The van der Waals surface area contributed by atoms with Crippen molar-refractivity contribution < 1.29 is 4.39 Å². The second-order valence-electron chi connectivity index (χ2n) is 4.34. The van der Waals surface area contributed by atoms with E-state index in [0.717, 1.165) is 28.7 Å². The van der Waals surface area contributed by atoms with Crippen LogP contribution in [0.4, 0.5) is 4.39 Å². The maximum atomic E-state index is 13.4. The van der Waals surface area contributed by atoms with Gasteiger partial charge in [0.1, 0.15) is 5.82 Å². The molecule has 0 aliphatic heterocycles. The van der Waals surface area contributed by atoms with Gasteiger partial charge in [0.15, 0.2) is 0 Å². The van der Waals surface area contributed by atoms with Crippen LogP contribution in [-0.4, -0.2) is 11.5 Å². The molecule has 0 bridgehead atoms. The highest BCUT2D eigenvalue weighted by molar-refractivity contribution is 9.10. The van der Waals surface area contributed by atoms with E-state index in [1.54, 1.807) is 18.3 Å². The van der Waals surface area contributed by atoms with E-state index in [1.165, 1.54) is 6.07 Å². The van der Waals surface area contributed by atoms with Crippen LogP contribution < -0.4 is 5.32 Å². The first-order chi connectivity index (χ1) is 9.20. The highest BCUT2D eigenvalue weighted by Crippen LogP contribution is 2.22. The summed E-state index contributed by atoms with van der Waals surface area (Å²) in [5.41, 5.74) is 1.78. The Hall–Kier alpha value is -1.26. The van der Waals surface area contributed by atoms with E-state index in [2.05, 4.69) is 33.2 Å². The molecule has 1 heterocycles. The van der Waals surface area contributed by atoms with Gasteiger partial charge in [-0.2, -0.15) is 0 Å². The number of pyridine rings is 1. The number of nitrogens with one attached hydrogen (secondary N) is 1. The van der Waals surface area contributed by atoms with Crippen molar-refractivity contribution in [1.82, 2.24) is 10.3 Å². The molecular formula is C15H16BrFN2. The van der Waals surface area contributed by atoms with E-state index in [9.17, 15) is 4.39 Å².